The first-order valence-electron chi connectivity index (χ1n) is 6.37. The number of nitrogens with one attached hydrogen (secondary N) is 2. The highest BCUT2D eigenvalue weighted by atomic mass is 16.6. The van der Waals surface area contributed by atoms with E-state index in [0.717, 1.165) is 0 Å². The Hall–Kier alpha value is -2.08. The van der Waals surface area contributed by atoms with E-state index in [1.165, 1.54) is 7.11 Å². The van der Waals surface area contributed by atoms with Gasteiger partial charge >= 0.3 is 12.0 Å². The number of rotatable bonds is 6. The Balaban J connectivity index is 2.72. The Bertz CT molecular complexity index is 460. The zero-order chi connectivity index (χ0) is 15.0. The van der Waals surface area contributed by atoms with Gasteiger partial charge in [-0.3, -0.25) is 0 Å². The number of urea groups is 1. The second-order valence-electron chi connectivity index (χ2n) is 4.43. The number of esters is 1. The van der Waals surface area contributed by atoms with Gasteiger partial charge in [-0.2, -0.15) is 0 Å². The van der Waals surface area contributed by atoms with Gasteiger partial charge in [0.05, 0.1) is 17.9 Å². The second-order valence-corrected chi connectivity index (χ2v) is 4.43. The number of anilines is 1. The van der Waals surface area contributed by atoms with Gasteiger partial charge in [0.1, 0.15) is 6.61 Å². The fourth-order valence-electron chi connectivity index (χ4n) is 1.49. The van der Waals surface area contributed by atoms with Crippen LogP contribution < -0.4 is 10.6 Å². The summed E-state index contributed by atoms with van der Waals surface area (Å²) in [4.78, 5) is 23.6. The Morgan fingerprint density at radius 1 is 1.20 bits per heavy atom. The highest BCUT2D eigenvalue weighted by molar-refractivity contribution is 6.00. The maximum atomic E-state index is 11.9. The van der Waals surface area contributed by atoms with Gasteiger partial charge in [0.15, 0.2) is 0 Å². The number of para-hydroxylation sites is 1. The number of amides is 2. The first kappa shape index (κ1) is 16.0. The molecule has 0 saturated carbocycles. The van der Waals surface area contributed by atoms with Crippen LogP contribution in [0.1, 0.15) is 24.2 Å². The van der Waals surface area contributed by atoms with Crippen molar-refractivity contribution in [3.63, 3.8) is 0 Å². The standard InChI is InChI=1S/C14H20N2O4/c1-10(2)15-14(18)16-12-7-5-4-6-11(12)13(17)20-9-8-19-3/h4-7,10H,8-9H2,1-3H3,(H2,15,16,18). The van der Waals surface area contributed by atoms with E-state index in [1.807, 2.05) is 13.8 Å². The highest BCUT2D eigenvalue weighted by Gasteiger charge is 2.14. The molecule has 110 valence electrons. The molecule has 0 fully saturated rings. The molecular formula is C14H20N2O4. The van der Waals surface area contributed by atoms with Crippen LogP contribution in [-0.2, 0) is 9.47 Å². The van der Waals surface area contributed by atoms with E-state index in [1.54, 1.807) is 24.3 Å². The Kier molecular flexibility index (Phi) is 6.52. The molecule has 0 saturated heterocycles. The van der Waals surface area contributed by atoms with Crippen molar-refractivity contribution < 1.29 is 19.1 Å². The molecule has 0 aliphatic rings. The van der Waals surface area contributed by atoms with Gasteiger partial charge in [-0.05, 0) is 26.0 Å². The van der Waals surface area contributed by atoms with Crippen LogP contribution in [0.5, 0.6) is 0 Å². The van der Waals surface area contributed by atoms with Crippen molar-refractivity contribution in [3.8, 4) is 0 Å². The molecule has 0 atom stereocenters. The summed E-state index contributed by atoms with van der Waals surface area (Å²) in [5.74, 6) is -0.498. The van der Waals surface area contributed by atoms with Crippen molar-refractivity contribution in [1.29, 1.82) is 0 Å². The summed E-state index contributed by atoms with van der Waals surface area (Å²) in [7, 11) is 1.53. The Morgan fingerprint density at radius 3 is 2.55 bits per heavy atom. The van der Waals surface area contributed by atoms with Crippen molar-refractivity contribution in [1.82, 2.24) is 5.32 Å². The van der Waals surface area contributed by atoms with Crippen LogP contribution in [-0.4, -0.2) is 38.4 Å². The molecule has 1 rings (SSSR count). The predicted octanol–water partition coefficient (Wildman–Crippen LogP) is 2.02. The molecule has 0 aliphatic heterocycles. The molecule has 1 aromatic rings. The first-order valence-corrected chi connectivity index (χ1v) is 6.37. The maximum absolute atomic E-state index is 11.9. The molecule has 6 heteroatoms. The average molecular weight is 280 g/mol. The van der Waals surface area contributed by atoms with Gasteiger partial charge in [-0.25, -0.2) is 9.59 Å². The van der Waals surface area contributed by atoms with E-state index < -0.39 is 5.97 Å². The molecular weight excluding hydrogens is 260 g/mol. The fraction of sp³-hybridized carbons (Fsp3) is 0.429. The monoisotopic (exact) mass is 280 g/mol. The summed E-state index contributed by atoms with van der Waals surface area (Å²) in [6, 6.07) is 6.33. The fourth-order valence-corrected chi connectivity index (χ4v) is 1.49. The Labute approximate surface area is 118 Å². The lowest BCUT2D eigenvalue weighted by atomic mass is 10.2. The van der Waals surface area contributed by atoms with E-state index >= 15 is 0 Å². The summed E-state index contributed by atoms with van der Waals surface area (Å²) >= 11 is 0. The molecule has 0 bridgehead atoms. The zero-order valence-corrected chi connectivity index (χ0v) is 11.9. The van der Waals surface area contributed by atoms with Gasteiger partial charge in [0, 0.05) is 13.2 Å². The lowest BCUT2D eigenvalue weighted by molar-refractivity contribution is 0.0389. The molecule has 1 aromatic carbocycles. The van der Waals surface area contributed by atoms with Gasteiger partial charge in [-0.1, -0.05) is 12.1 Å². The molecule has 0 aromatic heterocycles. The smallest absolute Gasteiger partial charge is 0.340 e. The largest absolute Gasteiger partial charge is 0.460 e. The van der Waals surface area contributed by atoms with Gasteiger partial charge in [0.2, 0.25) is 0 Å². The third-order valence-electron chi connectivity index (χ3n) is 2.34. The summed E-state index contributed by atoms with van der Waals surface area (Å²) in [6.45, 7) is 4.20. The Morgan fingerprint density at radius 2 is 1.90 bits per heavy atom. The van der Waals surface area contributed by atoms with Crippen molar-refractivity contribution in [2.75, 3.05) is 25.6 Å². The van der Waals surface area contributed by atoms with Crippen LogP contribution in [0.3, 0.4) is 0 Å². The molecule has 2 N–H and O–H groups in total. The normalized spacial score (nSPS) is 10.2. The van der Waals surface area contributed by atoms with Crippen molar-refractivity contribution >= 4 is 17.7 Å². The minimum atomic E-state index is -0.498. The van der Waals surface area contributed by atoms with Gasteiger partial charge < -0.3 is 20.1 Å². The highest BCUT2D eigenvalue weighted by Crippen LogP contribution is 2.16. The molecule has 0 unspecified atom stereocenters. The molecule has 0 radical (unpaired) electrons. The lowest BCUT2D eigenvalue weighted by Gasteiger charge is -2.13. The average Bonchev–Trinajstić information content (AvgIpc) is 2.38. The van der Waals surface area contributed by atoms with E-state index in [2.05, 4.69) is 10.6 Å². The van der Waals surface area contributed by atoms with Gasteiger partial charge in [-0.15, -0.1) is 0 Å². The summed E-state index contributed by atoms with van der Waals surface area (Å²) < 4.78 is 9.85. The van der Waals surface area contributed by atoms with E-state index in [9.17, 15) is 9.59 Å². The van der Waals surface area contributed by atoms with Crippen LogP contribution in [0.25, 0.3) is 0 Å². The minimum Gasteiger partial charge on any atom is -0.460 e. The number of ether oxygens (including phenoxy) is 2. The van der Waals surface area contributed by atoms with Crippen molar-refractivity contribution in [2.24, 2.45) is 0 Å². The molecule has 2 amide bonds. The quantitative estimate of drug-likeness (QED) is 0.617. The SMILES string of the molecule is COCCOC(=O)c1ccccc1NC(=O)NC(C)C. The molecule has 0 aliphatic carbocycles. The first-order chi connectivity index (χ1) is 9.54. The number of carbonyl (C=O) groups excluding carboxylic acids is 2. The van der Waals surface area contributed by atoms with E-state index in [-0.39, 0.29) is 18.7 Å². The van der Waals surface area contributed by atoms with Crippen LogP contribution in [0.4, 0.5) is 10.5 Å². The van der Waals surface area contributed by atoms with Gasteiger partial charge in [0.25, 0.3) is 0 Å². The van der Waals surface area contributed by atoms with Crippen LogP contribution in [0.2, 0.25) is 0 Å². The molecule has 20 heavy (non-hydrogen) atoms. The van der Waals surface area contributed by atoms with Crippen LogP contribution in [0.15, 0.2) is 24.3 Å². The summed E-state index contributed by atoms with van der Waals surface area (Å²) in [5.41, 5.74) is 0.718. The van der Waals surface area contributed by atoms with Crippen LogP contribution in [0, 0.1) is 0 Å². The number of carbonyl (C=O) groups is 2. The number of hydrogen-bond donors (Lipinski definition) is 2. The van der Waals surface area contributed by atoms with E-state index in [0.29, 0.717) is 17.9 Å². The summed E-state index contributed by atoms with van der Waals surface area (Å²) in [6.07, 6.45) is 0. The topological polar surface area (TPSA) is 76.7 Å². The minimum absolute atomic E-state index is 0.0100. The predicted molar refractivity (Wildman–Crippen MR) is 75.9 cm³/mol. The second kappa shape index (κ2) is 8.16. The number of hydrogen-bond acceptors (Lipinski definition) is 4. The van der Waals surface area contributed by atoms with Crippen LogP contribution >= 0.6 is 0 Å². The third kappa shape index (κ3) is 5.27. The summed E-state index contributed by atoms with van der Waals surface area (Å²) in [5, 5.41) is 5.32. The van der Waals surface area contributed by atoms with Crippen molar-refractivity contribution in [3.05, 3.63) is 29.8 Å². The molecule has 0 spiro atoms. The third-order valence-corrected chi connectivity index (χ3v) is 2.34. The molecule has 6 nitrogen and oxygen atoms in total. The lowest BCUT2D eigenvalue weighted by Crippen LogP contribution is -2.34. The molecule has 0 heterocycles. The zero-order valence-electron chi connectivity index (χ0n) is 11.9. The van der Waals surface area contributed by atoms with E-state index in [4.69, 9.17) is 9.47 Å². The van der Waals surface area contributed by atoms with Crippen molar-refractivity contribution in [2.45, 2.75) is 19.9 Å². The maximum Gasteiger partial charge on any atom is 0.340 e. The number of benzene rings is 1. The number of methoxy groups -OCH3 is 1.